The van der Waals surface area contributed by atoms with Gasteiger partial charge in [-0.2, -0.15) is 5.01 Å². The van der Waals surface area contributed by atoms with Gasteiger partial charge in [0.05, 0.1) is 6.10 Å². The van der Waals surface area contributed by atoms with E-state index in [4.69, 9.17) is 17.0 Å². The number of hydrogen-bond acceptors (Lipinski definition) is 4. The van der Waals surface area contributed by atoms with Crippen molar-refractivity contribution >= 4 is 29.6 Å². The minimum Gasteiger partial charge on any atom is -0.359 e. The molecule has 7 heteroatoms. The molecule has 2 atom stereocenters. The summed E-state index contributed by atoms with van der Waals surface area (Å²) in [5, 5.41) is 4.35. The Balaban J connectivity index is 2.06. The topological polar surface area (TPSA) is 70.7 Å². The summed E-state index contributed by atoms with van der Waals surface area (Å²) in [5.74, 6) is -0.466. The highest BCUT2D eigenvalue weighted by molar-refractivity contribution is 7.80. The van der Waals surface area contributed by atoms with E-state index in [2.05, 4.69) is 17.7 Å². The number of carbonyl (C=O) groups is 2. The number of ether oxygens (including phenoxy) is 1. The summed E-state index contributed by atoms with van der Waals surface area (Å²) in [6, 6.07) is 0.297. The number of hydrazine groups is 1. The number of imide groups is 1. The Kier molecular flexibility index (Phi) is 7.78. The largest absolute Gasteiger partial charge is 0.359 e. The van der Waals surface area contributed by atoms with Crippen molar-refractivity contribution in [1.82, 2.24) is 15.8 Å². The van der Waals surface area contributed by atoms with Gasteiger partial charge in [-0.25, -0.2) is 0 Å². The lowest BCUT2D eigenvalue weighted by molar-refractivity contribution is -0.162. The molecule has 0 aromatic carbocycles. The van der Waals surface area contributed by atoms with E-state index in [9.17, 15) is 9.59 Å². The van der Waals surface area contributed by atoms with Crippen LogP contribution in [0, 0.1) is 0 Å². The summed E-state index contributed by atoms with van der Waals surface area (Å²) in [6.07, 6.45) is 14.2. The van der Waals surface area contributed by atoms with E-state index < -0.39 is 11.5 Å². The minimum absolute atomic E-state index is 0.0998. The maximum absolute atomic E-state index is 13.1. The van der Waals surface area contributed by atoms with Crippen molar-refractivity contribution < 1.29 is 14.3 Å². The van der Waals surface area contributed by atoms with E-state index >= 15 is 0 Å². The first-order valence-corrected chi connectivity index (χ1v) is 9.80. The quantitative estimate of drug-likeness (QED) is 0.403. The second kappa shape index (κ2) is 9.83. The predicted octanol–water partition coefficient (Wildman–Crippen LogP) is 2.75. The summed E-state index contributed by atoms with van der Waals surface area (Å²) in [5.41, 5.74) is 1.52. The SMILES string of the molecule is CCCC(C)OC1(C(=O)N(C=O)NC(=S)NC2CCCC2)C=CC=CC1. The van der Waals surface area contributed by atoms with Gasteiger partial charge in [0, 0.05) is 12.5 Å². The molecule has 2 aliphatic rings. The molecule has 0 heterocycles. The van der Waals surface area contributed by atoms with Gasteiger partial charge < -0.3 is 10.1 Å². The predicted molar refractivity (Wildman–Crippen MR) is 105 cm³/mol. The van der Waals surface area contributed by atoms with Gasteiger partial charge in [-0.15, -0.1) is 0 Å². The van der Waals surface area contributed by atoms with Crippen LogP contribution in [-0.4, -0.2) is 40.2 Å². The third-order valence-corrected chi connectivity index (χ3v) is 4.95. The highest BCUT2D eigenvalue weighted by atomic mass is 32.1. The number of amides is 2. The molecule has 2 unspecified atom stereocenters. The molecule has 0 saturated heterocycles. The Hall–Kier alpha value is -1.73. The van der Waals surface area contributed by atoms with Crippen LogP contribution in [0.15, 0.2) is 24.3 Å². The lowest BCUT2D eigenvalue weighted by atomic mass is 9.93. The van der Waals surface area contributed by atoms with E-state index in [1.54, 1.807) is 12.2 Å². The maximum Gasteiger partial charge on any atom is 0.284 e. The van der Waals surface area contributed by atoms with Gasteiger partial charge >= 0.3 is 0 Å². The first-order valence-electron chi connectivity index (χ1n) is 9.39. The molecule has 1 fully saturated rings. The second-order valence-electron chi connectivity index (χ2n) is 6.95. The molecule has 1 saturated carbocycles. The molecule has 0 bridgehead atoms. The first kappa shape index (κ1) is 20.6. The molecular formula is C19H29N3O3S. The molecule has 26 heavy (non-hydrogen) atoms. The van der Waals surface area contributed by atoms with Gasteiger partial charge in [0.15, 0.2) is 10.7 Å². The van der Waals surface area contributed by atoms with Crippen LogP contribution in [0.1, 0.15) is 58.8 Å². The summed E-state index contributed by atoms with van der Waals surface area (Å²) >= 11 is 5.27. The molecular weight excluding hydrogens is 350 g/mol. The monoisotopic (exact) mass is 379 g/mol. The summed E-state index contributed by atoms with van der Waals surface area (Å²) in [6.45, 7) is 4.01. The van der Waals surface area contributed by atoms with Crippen molar-refractivity contribution in [3.63, 3.8) is 0 Å². The third kappa shape index (κ3) is 5.38. The van der Waals surface area contributed by atoms with Gasteiger partial charge in [-0.1, -0.05) is 44.4 Å². The number of rotatable bonds is 7. The fourth-order valence-electron chi connectivity index (χ4n) is 3.45. The molecule has 2 N–H and O–H groups in total. The smallest absolute Gasteiger partial charge is 0.284 e. The molecule has 2 aliphatic carbocycles. The number of carbonyl (C=O) groups excluding carboxylic acids is 2. The van der Waals surface area contributed by atoms with Gasteiger partial charge in [0.2, 0.25) is 6.41 Å². The van der Waals surface area contributed by atoms with Gasteiger partial charge in [-0.05, 0) is 44.5 Å². The fourth-order valence-corrected chi connectivity index (χ4v) is 3.71. The maximum atomic E-state index is 13.1. The number of allylic oxidation sites excluding steroid dienone is 2. The third-order valence-electron chi connectivity index (χ3n) is 4.74. The zero-order valence-electron chi connectivity index (χ0n) is 15.6. The summed E-state index contributed by atoms with van der Waals surface area (Å²) in [4.78, 5) is 24.7. The van der Waals surface area contributed by atoms with Crippen molar-refractivity contribution in [1.29, 1.82) is 0 Å². The van der Waals surface area contributed by atoms with Crippen LogP contribution in [0.2, 0.25) is 0 Å². The molecule has 0 aliphatic heterocycles. The van der Waals surface area contributed by atoms with Crippen LogP contribution < -0.4 is 10.7 Å². The van der Waals surface area contributed by atoms with Gasteiger partial charge in [0.1, 0.15) is 0 Å². The van der Waals surface area contributed by atoms with Crippen molar-refractivity contribution in [2.75, 3.05) is 0 Å². The zero-order valence-corrected chi connectivity index (χ0v) is 16.4. The molecule has 0 aromatic rings. The molecule has 144 valence electrons. The van der Waals surface area contributed by atoms with E-state index in [0.717, 1.165) is 30.7 Å². The molecule has 0 spiro atoms. The average molecular weight is 380 g/mol. The van der Waals surface area contributed by atoms with Crippen LogP contribution >= 0.6 is 12.2 Å². The van der Waals surface area contributed by atoms with Crippen LogP contribution in [-0.2, 0) is 14.3 Å². The van der Waals surface area contributed by atoms with Crippen molar-refractivity contribution in [2.45, 2.75) is 76.5 Å². The Morgan fingerprint density at radius 3 is 2.73 bits per heavy atom. The first-order chi connectivity index (χ1) is 12.5. The van der Waals surface area contributed by atoms with Crippen LogP contribution in [0.5, 0.6) is 0 Å². The van der Waals surface area contributed by atoms with Gasteiger partial charge in [0.25, 0.3) is 5.91 Å². The van der Waals surface area contributed by atoms with E-state index in [-0.39, 0.29) is 11.2 Å². The van der Waals surface area contributed by atoms with E-state index in [0.29, 0.717) is 18.9 Å². The fraction of sp³-hybridized carbons (Fsp3) is 0.632. The number of nitrogens with zero attached hydrogens (tertiary/aromatic N) is 1. The summed E-state index contributed by atoms with van der Waals surface area (Å²) in [7, 11) is 0. The summed E-state index contributed by atoms with van der Waals surface area (Å²) < 4.78 is 6.09. The molecule has 0 radical (unpaired) electrons. The minimum atomic E-state index is -1.19. The molecule has 6 nitrogen and oxygen atoms in total. The van der Waals surface area contributed by atoms with Crippen LogP contribution in [0.3, 0.4) is 0 Å². The van der Waals surface area contributed by atoms with Crippen LogP contribution in [0.25, 0.3) is 0 Å². The standard InChI is InChI=1S/C19H29N3O3S/c1-3-9-15(2)25-19(12-7-4-8-13-19)17(24)22(14-23)21-18(26)20-16-10-5-6-11-16/h4,7-8,12,14-16H,3,5-6,9-11,13H2,1-2H3,(H2,20,21,26). The Morgan fingerprint density at radius 2 is 2.15 bits per heavy atom. The van der Waals surface area contributed by atoms with E-state index in [1.807, 2.05) is 19.1 Å². The highest BCUT2D eigenvalue weighted by Gasteiger charge is 2.42. The lowest BCUT2D eigenvalue weighted by Gasteiger charge is -2.35. The highest BCUT2D eigenvalue weighted by Crippen LogP contribution is 2.27. The number of nitrogens with one attached hydrogen (secondary N) is 2. The van der Waals surface area contributed by atoms with Crippen molar-refractivity contribution in [3.8, 4) is 0 Å². The number of hydrogen-bond donors (Lipinski definition) is 2. The second-order valence-corrected chi connectivity index (χ2v) is 7.35. The Bertz CT molecular complexity index is 572. The Morgan fingerprint density at radius 1 is 1.42 bits per heavy atom. The molecule has 0 aromatic heterocycles. The van der Waals surface area contributed by atoms with Crippen molar-refractivity contribution in [3.05, 3.63) is 24.3 Å². The number of thiocarbonyl (C=S) groups is 1. The normalized spacial score (nSPS) is 23.5. The Labute approximate surface area is 161 Å². The van der Waals surface area contributed by atoms with Crippen LogP contribution in [0.4, 0.5) is 0 Å². The molecule has 2 amide bonds. The van der Waals surface area contributed by atoms with E-state index in [1.165, 1.54) is 12.8 Å². The zero-order chi connectivity index (χ0) is 19.0. The average Bonchev–Trinajstić information content (AvgIpc) is 3.13. The molecule has 2 rings (SSSR count). The van der Waals surface area contributed by atoms with Crippen molar-refractivity contribution in [2.24, 2.45) is 0 Å². The van der Waals surface area contributed by atoms with Gasteiger partial charge in [-0.3, -0.25) is 15.0 Å². The lowest BCUT2D eigenvalue weighted by Crippen LogP contribution is -2.58.